The summed E-state index contributed by atoms with van der Waals surface area (Å²) in [5.41, 5.74) is 4.28. The molecule has 150 valence electrons. The molecule has 3 aromatic carbocycles. The molecule has 0 saturated heterocycles. The summed E-state index contributed by atoms with van der Waals surface area (Å²) in [6, 6.07) is 18.2. The molecule has 30 heavy (non-hydrogen) atoms. The number of carbonyl (C=O) groups is 2. The zero-order valence-electron chi connectivity index (χ0n) is 15.5. The summed E-state index contributed by atoms with van der Waals surface area (Å²) < 4.78 is 0. The van der Waals surface area contributed by atoms with Gasteiger partial charge in [0.2, 0.25) is 0 Å². The molecule has 0 saturated carbocycles. The number of anilines is 1. The average molecular weight is 404 g/mol. The summed E-state index contributed by atoms with van der Waals surface area (Å²) in [4.78, 5) is 36.3. The Labute approximate surface area is 170 Å². The molecular weight excluding hydrogens is 388 g/mol. The van der Waals surface area contributed by atoms with E-state index in [9.17, 15) is 24.8 Å². The molecule has 9 heteroatoms. The van der Waals surface area contributed by atoms with Crippen LogP contribution in [0.1, 0.15) is 32.4 Å². The van der Waals surface area contributed by atoms with Crippen molar-refractivity contribution in [1.29, 1.82) is 0 Å². The van der Waals surface area contributed by atoms with Crippen LogP contribution < -0.4 is 10.7 Å². The predicted molar refractivity (Wildman–Crippen MR) is 108 cm³/mol. The molecule has 0 aliphatic carbocycles. The molecule has 1 unspecified atom stereocenters. The monoisotopic (exact) mass is 404 g/mol. The number of aromatic hydroxyl groups is 1. The third-order valence-corrected chi connectivity index (χ3v) is 4.70. The van der Waals surface area contributed by atoms with Crippen LogP contribution >= 0.6 is 0 Å². The Balaban J connectivity index is 1.70. The van der Waals surface area contributed by atoms with Gasteiger partial charge in [-0.1, -0.05) is 12.1 Å². The number of nitro benzene ring substituents is 1. The topological polar surface area (TPSA) is 125 Å². The Bertz CT molecular complexity index is 1130. The van der Waals surface area contributed by atoms with Crippen molar-refractivity contribution in [2.45, 2.75) is 6.17 Å². The molecule has 1 aliphatic heterocycles. The maximum atomic E-state index is 13.1. The lowest BCUT2D eigenvalue weighted by Crippen LogP contribution is -2.52. The lowest BCUT2D eigenvalue weighted by atomic mass is 10.0. The van der Waals surface area contributed by atoms with E-state index in [-0.39, 0.29) is 17.0 Å². The summed E-state index contributed by atoms with van der Waals surface area (Å²) in [5.74, 6) is -0.962. The summed E-state index contributed by atoms with van der Waals surface area (Å²) in [5, 5.41) is 24.7. The van der Waals surface area contributed by atoms with Crippen LogP contribution in [-0.2, 0) is 0 Å². The molecule has 0 bridgehead atoms. The highest BCUT2D eigenvalue weighted by Crippen LogP contribution is 2.32. The number of phenols is 1. The lowest BCUT2D eigenvalue weighted by Gasteiger charge is -2.37. The predicted octanol–water partition coefficient (Wildman–Crippen LogP) is 3.21. The number of rotatable bonds is 4. The second-order valence-corrected chi connectivity index (χ2v) is 6.60. The van der Waals surface area contributed by atoms with Crippen LogP contribution in [0.5, 0.6) is 5.75 Å². The van der Waals surface area contributed by atoms with Gasteiger partial charge in [0.05, 0.1) is 10.5 Å². The van der Waals surface area contributed by atoms with Crippen molar-refractivity contribution in [3.63, 3.8) is 0 Å². The number of nitrogens with zero attached hydrogens (tertiary/aromatic N) is 2. The molecule has 1 aliphatic rings. The number of amides is 2. The largest absolute Gasteiger partial charge is 0.508 e. The first-order valence-electron chi connectivity index (χ1n) is 8.97. The number of para-hydroxylation sites is 1. The van der Waals surface area contributed by atoms with Crippen LogP contribution in [-0.4, -0.2) is 26.9 Å². The van der Waals surface area contributed by atoms with Gasteiger partial charge < -0.3 is 10.4 Å². The summed E-state index contributed by atoms with van der Waals surface area (Å²) in [7, 11) is 0. The van der Waals surface area contributed by atoms with E-state index in [0.717, 1.165) is 5.01 Å². The number of hydrogen-bond donors (Lipinski definition) is 3. The van der Waals surface area contributed by atoms with E-state index in [4.69, 9.17) is 0 Å². The molecule has 0 spiro atoms. The zero-order valence-corrected chi connectivity index (χ0v) is 15.5. The number of nitro groups is 1. The van der Waals surface area contributed by atoms with Crippen molar-refractivity contribution in [2.75, 3.05) is 5.32 Å². The third-order valence-electron chi connectivity index (χ3n) is 4.70. The SMILES string of the molecule is O=C(NN1C(=O)c2ccccc2NC1c1ccc([N+](=O)[O-])cc1)c1ccc(O)cc1. The van der Waals surface area contributed by atoms with E-state index < -0.39 is 22.9 Å². The van der Waals surface area contributed by atoms with Gasteiger partial charge in [0, 0.05) is 23.4 Å². The second kappa shape index (κ2) is 7.55. The minimum atomic E-state index is -0.783. The van der Waals surface area contributed by atoms with Crippen LogP contribution in [0.15, 0.2) is 72.8 Å². The van der Waals surface area contributed by atoms with Gasteiger partial charge in [0.25, 0.3) is 17.5 Å². The smallest absolute Gasteiger partial charge is 0.276 e. The Morgan fingerprint density at radius 3 is 2.37 bits per heavy atom. The van der Waals surface area contributed by atoms with Gasteiger partial charge in [0.15, 0.2) is 0 Å². The number of non-ortho nitro benzene ring substituents is 1. The number of benzene rings is 3. The number of carbonyl (C=O) groups excluding carboxylic acids is 2. The molecule has 0 aromatic heterocycles. The first-order chi connectivity index (χ1) is 14.4. The fourth-order valence-corrected chi connectivity index (χ4v) is 3.17. The van der Waals surface area contributed by atoms with Crippen molar-refractivity contribution in [2.24, 2.45) is 0 Å². The minimum absolute atomic E-state index is 0.0138. The molecule has 9 nitrogen and oxygen atoms in total. The normalized spacial score (nSPS) is 15.1. The Morgan fingerprint density at radius 1 is 1.03 bits per heavy atom. The molecule has 1 atom stereocenters. The molecule has 1 heterocycles. The van der Waals surface area contributed by atoms with E-state index >= 15 is 0 Å². The fraction of sp³-hybridized carbons (Fsp3) is 0.0476. The molecule has 0 fully saturated rings. The Morgan fingerprint density at radius 2 is 1.70 bits per heavy atom. The number of fused-ring (bicyclic) bond motifs is 1. The van der Waals surface area contributed by atoms with Crippen molar-refractivity contribution < 1.29 is 19.6 Å². The van der Waals surface area contributed by atoms with Crippen LogP contribution in [0, 0.1) is 10.1 Å². The summed E-state index contributed by atoms with van der Waals surface area (Å²) >= 11 is 0. The van der Waals surface area contributed by atoms with Crippen molar-refractivity contribution in [3.8, 4) is 5.75 Å². The highest BCUT2D eigenvalue weighted by molar-refractivity contribution is 6.04. The Kier molecular flexibility index (Phi) is 4.77. The van der Waals surface area contributed by atoms with Gasteiger partial charge in [-0.25, -0.2) is 5.01 Å². The first-order valence-corrected chi connectivity index (χ1v) is 8.97. The maximum absolute atomic E-state index is 13.1. The van der Waals surface area contributed by atoms with Gasteiger partial charge in [-0.3, -0.25) is 25.1 Å². The van der Waals surface area contributed by atoms with E-state index in [2.05, 4.69) is 10.7 Å². The molecule has 3 N–H and O–H groups in total. The van der Waals surface area contributed by atoms with Crippen molar-refractivity contribution in [1.82, 2.24) is 10.4 Å². The van der Waals surface area contributed by atoms with Gasteiger partial charge >= 0.3 is 0 Å². The van der Waals surface area contributed by atoms with Crippen LogP contribution in [0.3, 0.4) is 0 Å². The molecule has 2 amide bonds. The van der Waals surface area contributed by atoms with Gasteiger partial charge in [-0.2, -0.15) is 0 Å². The minimum Gasteiger partial charge on any atom is -0.508 e. The number of nitrogens with one attached hydrogen (secondary N) is 2. The standard InChI is InChI=1S/C21H16N4O5/c26-16-11-7-14(8-12-16)20(27)23-24-19(13-5-9-15(10-6-13)25(29)30)22-18-4-2-1-3-17(18)21(24)28/h1-12,19,22,26H,(H,23,27). The van der Waals surface area contributed by atoms with Gasteiger partial charge in [-0.05, 0) is 54.1 Å². The van der Waals surface area contributed by atoms with E-state index in [1.807, 2.05) is 0 Å². The quantitative estimate of drug-likeness (QED) is 0.453. The van der Waals surface area contributed by atoms with E-state index in [0.29, 0.717) is 16.8 Å². The summed E-state index contributed by atoms with van der Waals surface area (Å²) in [6.45, 7) is 0. The van der Waals surface area contributed by atoms with Gasteiger partial charge in [-0.15, -0.1) is 0 Å². The van der Waals surface area contributed by atoms with Crippen LogP contribution in [0.25, 0.3) is 0 Å². The molecule has 0 radical (unpaired) electrons. The van der Waals surface area contributed by atoms with Crippen molar-refractivity contribution >= 4 is 23.2 Å². The third kappa shape index (κ3) is 3.51. The summed E-state index contributed by atoms with van der Waals surface area (Å²) in [6.07, 6.45) is -0.783. The zero-order chi connectivity index (χ0) is 21.3. The number of phenolic OH excluding ortho intramolecular Hbond substituents is 1. The number of hydrogen-bond acceptors (Lipinski definition) is 6. The first kappa shape index (κ1) is 18.9. The second-order valence-electron chi connectivity index (χ2n) is 6.60. The average Bonchev–Trinajstić information content (AvgIpc) is 2.76. The van der Waals surface area contributed by atoms with Gasteiger partial charge in [0.1, 0.15) is 11.9 Å². The van der Waals surface area contributed by atoms with E-state index in [1.54, 1.807) is 24.3 Å². The Hall–Kier alpha value is -4.40. The lowest BCUT2D eigenvalue weighted by molar-refractivity contribution is -0.384. The number of hydrazine groups is 1. The highest BCUT2D eigenvalue weighted by Gasteiger charge is 2.34. The highest BCUT2D eigenvalue weighted by atomic mass is 16.6. The molecule has 4 rings (SSSR count). The van der Waals surface area contributed by atoms with E-state index in [1.165, 1.54) is 48.5 Å². The van der Waals surface area contributed by atoms with Crippen molar-refractivity contribution in [3.05, 3.63) is 99.6 Å². The van der Waals surface area contributed by atoms with Crippen LogP contribution in [0.4, 0.5) is 11.4 Å². The molecular formula is C21H16N4O5. The molecule has 3 aromatic rings. The fourth-order valence-electron chi connectivity index (χ4n) is 3.17. The van der Waals surface area contributed by atoms with Crippen LogP contribution in [0.2, 0.25) is 0 Å². The maximum Gasteiger partial charge on any atom is 0.276 e.